The molecule has 0 amide bonds. The Morgan fingerprint density at radius 3 is 2.30 bits per heavy atom. The van der Waals surface area contributed by atoms with Crippen molar-refractivity contribution >= 4 is 20.9 Å². The first kappa shape index (κ1) is 11.6. The first-order valence-electron chi connectivity index (χ1n) is 6.11. The summed E-state index contributed by atoms with van der Waals surface area (Å²) in [5.74, 6) is 0. The fraction of sp³-hybridized carbons (Fsp3) is 0. The highest BCUT2D eigenvalue weighted by molar-refractivity contribution is 7.85. The number of rotatable bonds is 1. The van der Waals surface area contributed by atoms with Gasteiger partial charge in [-0.3, -0.25) is 4.55 Å². The average Bonchev–Trinajstić information content (AvgIpc) is 2.48. The Morgan fingerprint density at radius 1 is 0.850 bits per heavy atom. The zero-order valence-corrected chi connectivity index (χ0v) is 11.1. The smallest absolute Gasteiger partial charge is 0.282 e. The summed E-state index contributed by atoms with van der Waals surface area (Å²) in [5, 5.41) is 2.25. The fourth-order valence-corrected chi connectivity index (χ4v) is 3.13. The molecule has 20 heavy (non-hydrogen) atoms. The van der Waals surface area contributed by atoms with Crippen molar-refractivity contribution in [2.75, 3.05) is 0 Å². The Hall–Kier alpha value is -2.17. The molecule has 3 aromatic rings. The molecule has 1 aliphatic rings. The van der Waals surface area contributed by atoms with Gasteiger partial charge in [0, 0.05) is 6.07 Å². The second-order valence-electron chi connectivity index (χ2n) is 4.86. The van der Waals surface area contributed by atoms with E-state index >= 15 is 0 Å². The highest BCUT2D eigenvalue weighted by Gasteiger charge is 2.18. The van der Waals surface area contributed by atoms with Crippen molar-refractivity contribution < 1.29 is 13.0 Å². The van der Waals surface area contributed by atoms with Crippen LogP contribution in [0.3, 0.4) is 0 Å². The zero-order valence-electron chi connectivity index (χ0n) is 10.3. The van der Waals surface area contributed by atoms with Crippen molar-refractivity contribution in [1.29, 1.82) is 0 Å². The number of benzene rings is 3. The molecule has 0 spiro atoms. The summed E-state index contributed by atoms with van der Waals surface area (Å²) in [4.78, 5) is -0.202. The minimum Gasteiger partial charge on any atom is -0.282 e. The topological polar surface area (TPSA) is 54.4 Å². The fourth-order valence-electron chi connectivity index (χ4n) is 2.66. The lowest BCUT2D eigenvalue weighted by atomic mass is 9.98. The SMILES string of the molecule is O=S(=O)(O)c1[c]c2c(cc1)-c1ccc3ccc-2cc3c1. The van der Waals surface area contributed by atoms with Gasteiger partial charge in [0.25, 0.3) is 10.1 Å². The van der Waals surface area contributed by atoms with Crippen LogP contribution in [0.5, 0.6) is 0 Å². The van der Waals surface area contributed by atoms with E-state index in [1.807, 2.05) is 30.3 Å². The molecule has 0 aromatic heterocycles. The van der Waals surface area contributed by atoms with Gasteiger partial charge in [-0.2, -0.15) is 8.42 Å². The van der Waals surface area contributed by atoms with Crippen molar-refractivity contribution in [3.8, 4) is 22.3 Å². The second-order valence-corrected chi connectivity index (χ2v) is 6.25. The molecular weight excluding hydrogens is 272 g/mol. The van der Waals surface area contributed by atoms with E-state index in [1.165, 1.54) is 6.07 Å². The molecule has 3 nitrogen and oxygen atoms in total. The molecule has 3 bridgehead atoms. The van der Waals surface area contributed by atoms with E-state index in [0.29, 0.717) is 5.56 Å². The first-order valence-corrected chi connectivity index (χ1v) is 7.55. The van der Waals surface area contributed by atoms with Crippen molar-refractivity contribution in [2.45, 2.75) is 4.90 Å². The number of fused-ring (bicyclic) bond motifs is 5. The zero-order chi connectivity index (χ0) is 13.9. The lowest BCUT2D eigenvalue weighted by molar-refractivity contribution is 0.483. The third kappa shape index (κ3) is 1.59. The molecule has 1 N–H and O–H groups in total. The summed E-state index contributed by atoms with van der Waals surface area (Å²) in [7, 11) is -4.25. The molecule has 0 fully saturated rings. The molecule has 0 heterocycles. The van der Waals surface area contributed by atoms with Crippen molar-refractivity contribution in [2.24, 2.45) is 0 Å². The van der Waals surface area contributed by atoms with E-state index < -0.39 is 10.1 Å². The molecule has 97 valence electrons. The third-order valence-electron chi connectivity index (χ3n) is 3.64. The Balaban J connectivity index is 2.14. The minimum absolute atomic E-state index is 0.202. The summed E-state index contributed by atoms with van der Waals surface area (Å²) < 4.78 is 31.8. The van der Waals surface area contributed by atoms with Gasteiger partial charge in [-0.25, -0.2) is 0 Å². The quantitative estimate of drug-likeness (QED) is 0.543. The van der Waals surface area contributed by atoms with Gasteiger partial charge in [-0.15, -0.1) is 0 Å². The van der Waals surface area contributed by atoms with Crippen LogP contribution in [0, 0.1) is 6.07 Å². The largest absolute Gasteiger partial charge is 0.295 e. The summed E-state index contributed by atoms with van der Waals surface area (Å²) in [6.07, 6.45) is 0. The molecule has 4 rings (SSSR count). The molecule has 1 aliphatic carbocycles. The summed E-state index contributed by atoms with van der Waals surface area (Å²) >= 11 is 0. The highest BCUT2D eigenvalue weighted by atomic mass is 32.2. The highest BCUT2D eigenvalue weighted by Crippen LogP contribution is 2.39. The maximum absolute atomic E-state index is 11.3. The van der Waals surface area contributed by atoms with Crippen LogP contribution in [0.25, 0.3) is 33.0 Å². The van der Waals surface area contributed by atoms with Gasteiger partial charge in [0.1, 0.15) is 4.90 Å². The lowest BCUT2D eigenvalue weighted by Crippen LogP contribution is -1.99. The van der Waals surface area contributed by atoms with Crippen LogP contribution >= 0.6 is 0 Å². The van der Waals surface area contributed by atoms with Gasteiger partial charge >= 0.3 is 0 Å². The van der Waals surface area contributed by atoms with Gasteiger partial charge in [-0.1, -0.05) is 30.3 Å². The predicted molar refractivity (Wildman–Crippen MR) is 77.0 cm³/mol. The van der Waals surface area contributed by atoms with Crippen molar-refractivity contribution in [3.05, 3.63) is 54.6 Å². The van der Waals surface area contributed by atoms with E-state index in [-0.39, 0.29) is 4.90 Å². The van der Waals surface area contributed by atoms with Gasteiger partial charge < -0.3 is 0 Å². The van der Waals surface area contributed by atoms with Crippen LogP contribution < -0.4 is 0 Å². The van der Waals surface area contributed by atoms with Gasteiger partial charge in [0.05, 0.1) is 0 Å². The van der Waals surface area contributed by atoms with Crippen molar-refractivity contribution in [1.82, 2.24) is 0 Å². The molecule has 3 aromatic carbocycles. The first-order chi connectivity index (χ1) is 9.52. The number of hydrogen-bond acceptors (Lipinski definition) is 2. The normalized spacial score (nSPS) is 12.7. The maximum atomic E-state index is 11.3. The summed E-state index contributed by atoms with van der Waals surface area (Å²) in [5.41, 5.74) is 3.54. The van der Waals surface area contributed by atoms with Gasteiger partial charge in [-0.05, 0) is 51.2 Å². The van der Waals surface area contributed by atoms with Crippen LogP contribution in [0.4, 0.5) is 0 Å². The Kier molecular flexibility index (Phi) is 2.14. The molecule has 0 unspecified atom stereocenters. The van der Waals surface area contributed by atoms with Crippen LogP contribution in [0.15, 0.2) is 53.4 Å². The monoisotopic (exact) mass is 281 g/mol. The summed E-state index contributed by atoms with van der Waals surface area (Å²) in [6.45, 7) is 0. The Labute approximate surface area is 116 Å². The van der Waals surface area contributed by atoms with E-state index in [0.717, 1.165) is 27.5 Å². The summed E-state index contributed by atoms with van der Waals surface area (Å²) in [6, 6.07) is 18.0. The Bertz CT molecular complexity index is 972. The van der Waals surface area contributed by atoms with Crippen LogP contribution in [-0.2, 0) is 10.1 Å². The standard InChI is InChI=1S/C16H9O3S/c17-20(18,19)14-5-6-15-11-3-1-10-2-4-12(16(15)9-14)8-13(10)7-11/h1-8H,(H,17,18,19). The van der Waals surface area contributed by atoms with E-state index in [1.54, 1.807) is 6.07 Å². The van der Waals surface area contributed by atoms with E-state index in [2.05, 4.69) is 12.1 Å². The maximum Gasteiger partial charge on any atom is 0.295 e. The Morgan fingerprint density at radius 2 is 1.55 bits per heavy atom. The van der Waals surface area contributed by atoms with Crippen LogP contribution in [-0.4, -0.2) is 13.0 Å². The average molecular weight is 281 g/mol. The van der Waals surface area contributed by atoms with E-state index in [9.17, 15) is 13.0 Å². The lowest BCUT2D eigenvalue weighted by Gasteiger charge is -2.08. The molecule has 0 aliphatic heterocycles. The molecular formula is C16H9O3S. The van der Waals surface area contributed by atoms with Gasteiger partial charge in [0.2, 0.25) is 0 Å². The third-order valence-corrected chi connectivity index (χ3v) is 4.43. The van der Waals surface area contributed by atoms with Gasteiger partial charge in [0.15, 0.2) is 0 Å². The number of hydrogen-bond donors (Lipinski definition) is 1. The second kappa shape index (κ2) is 3.69. The minimum atomic E-state index is -4.25. The van der Waals surface area contributed by atoms with Crippen LogP contribution in [0.1, 0.15) is 0 Å². The molecule has 0 atom stereocenters. The molecule has 0 saturated heterocycles. The van der Waals surface area contributed by atoms with Crippen LogP contribution in [0.2, 0.25) is 0 Å². The molecule has 0 saturated carbocycles. The van der Waals surface area contributed by atoms with Crippen molar-refractivity contribution in [3.63, 3.8) is 0 Å². The predicted octanol–water partition coefficient (Wildman–Crippen LogP) is 3.53. The molecule has 1 radical (unpaired) electrons. The van der Waals surface area contributed by atoms with E-state index in [4.69, 9.17) is 0 Å². The molecule has 4 heteroatoms.